The molecule has 0 bridgehead atoms. The van der Waals surface area contributed by atoms with Crippen molar-refractivity contribution in [2.75, 3.05) is 13.1 Å². The van der Waals surface area contributed by atoms with Gasteiger partial charge in [-0.3, -0.25) is 4.90 Å². The van der Waals surface area contributed by atoms with Gasteiger partial charge in [-0.25, -0.2) is 0 Å². The zero-order chi connectivity index (χ0) is 13.2. The molecule has 1 aromatic carbocycles. The predicted octanol–water partition coefficient (Wildman–Crippen LogP) is 3.03. The summed E-state index contributed by atoms with van der Waals surface area (Å²) < 4.78 is 0. The van der Waals surface area contributed by atoms with E-state index < -0.39 is 0 Å². The third kappa shape index (κ3) is 3.82. The Hall–Kier alpha value is -0.860. The molecule has 2 rings (SSSR count). The largest absolute Gasteiger partial charge is 0.312 e. The normalized spacial score (nSPS) is 17.8. The smallest absolute Gasteiger partial charge is 0.0240 e. The van der Waals surface area contributed by atoms with E-state index in [1.54, 1.807) is 0 Å². The van der Waals surface area contributed by atoms with Crippen molar-refractivity contribution in [3.8, 4) is 0 Å². The minimum Gasteiger partial charge on any atom is -0.312 e. The number of hydrogen-bond donors (Lipinski definition) is 1. The number of nitrogens with one attached hydrogen (secondary N) is 1. The van der Waals surface area contributed by atoms with E-state index in [4.69, 9.17) is 0 Å². The second-order valence-corrected chi connectivity index (χ2v) is 6.67. The van der Waals surface area contributed by atoms with Crippen LogP contribution in [0.15, 0.2) is 24.3 Å². The Morgan fingerprint density at radius 3 is 2.22 bits per heavy atom. The highest BCUT2D eigenvalue weighted by Gasteiger charge is 2.20. The van der Waals surface area contributed by atoms with Crippen LogP contribution in [0.4, 0.5) is 0 Å². The molecule has 100 valence electrons. The molecule has 0 fully saturated rings. The Bertz CT molecular complexity index is 367. The second-order valence-electron chi connectivity index (χ2n) is 6.67. The fourth-order valence-corrected chi connectivity index (χ4v) is 2.52. The minimum absolute atomic E-state index is 0.224. The Kier molecular flexibility index (Phi) is 4.08. The zero-order valence-electron chi connectivity index (χ0n) is 12.2. The minimum atomic E-state index is 0.224. The van der Waals surface area contributed by atoms with Crippen LogP contribution < -0.4 is 5.32 Å². The molecule has 1 unspecified atom stereocenters. The SMILES string of the molecule is CC(CNC(C)(C)C)CN1Cc2ccccc2C1. The van der Waals surface area contributed by atoms with Gasteiger partial charge in [-0.2, -0.15) is 0 Å². The van der Waals surface area contributed by atoms with Crippen molar-refractivity contribution < 1.29 is 0 Å². The number of hydrogen-bond acceptors (Lipinski definition) is 2. The van der Waals surface area contributed by atoms with Crippen molar-refractivity contribution in [3.63, 3.8) is 0 Å². The van der Waals surface area contributed by atoms with Gasteiger partial charge in [0.05, 0.1) is 0 Å². The molecule has 0 saturated heterocycles. The van der Waals surface area contributed by atoms with E-state index in [9.17, 15) is 0 Å². The predicted molar refractivity (Wildman–Crippen MR) is 77.5 cm³/mol. The molecule has 1 aromatic rings. The second kappa shape index (κ2) is 5.41. The molecule has 18 heavy (non-hydrogen) atoms. The Balaban J connectivity index is 1.79. The maximum Gasteiger partial charge on any atom is 0.0240 e. The van der Waals surface area contributed by atoms with E-state index in [2.05, 4.69) is 62.2 Å². The van der Waals surface area contributed by atoms with Gasteiger partial charge in [-0.15, -0.1) is 0 Å². The van der Waals surface area contributed by atoms with Gasteiger partial charge >= 0.3 is 0 Å². The van der Waals surface area contributed by atoms with Gasteiger partial charge < -0.3 is 5.32 Å². The van der Waals surface area contributed by atoms with E-state index in [0.717, 1.165) is 19.6 Å². The van der Waals surface area contributed by atoms with E-state index in [1.807, 2.05) is 0 Å². The van der Waals surface area contributed by atoms with Crippen LogP contribution >= 0.6 is 0 Å². The molecule has 1 aliphatic heterocycles. The average molecular weight is 246 g/mol. The van der Waals surface area contributed by atoms with Crippen molar-refractivity contribution >= 4 is 0 Å². The van der Waals surface area contributed by atoms with Crippen molar-refractivity contribution in [1.29, 1.82) is 0 Å². The van der Waals surface area contributed by atoms with Crippen LogP contribution in [-0.2, 0) is 13.1 Å². The number of nitrogens with zero attached hydrogens (tertiary/aromatic N) is 1. The maximum atomic E-state index is 3.59. The van der Waals surface area contributed by atoms with Gasteiger partial charge in [0.25, 0.3) is 0 Å². The molecule has 1 aliphatic rings. The van der Waals surface area contributed by atoms with Gasteiger partial charge in [0.2, 0.25) is 0 Å². The molecule has 0 radical (unpaired) electrons. The maximum absolute atomic E-state index is 3.59. The number of fused-ring (bicyclic) bond motifs is 1. The summed E-state index contributed by atoms with van der Waals surface area (Å²) >= 11 is 0. The molecule has 1 atom stereocenters. The van der Waals surface area contributed by atoms with E-state index in [-0.39, 0.29) is 5.54 Å². The molecule has 0 amide bonds. The average Bonchev–Trinajstić information content (AvgIpc) is 2.67. The van der Waals surface area contributed by atoms with Gasteiger partial charge in [0.15, 0.2) is 0 Å². The monoisotopic (exact) mass is 246 g/mol. The number of rotatable bonds is 4. The molecule has 2 heteroatoms. The van der Waals surface area contributed by atoms with Crippen LogP contribution in [0.5, 0.6) is 0 Å². The highest BCUT2D eigenvalue weighted by atomic mass is 15.1. The zero-order valence-corrected chi connectivity index (χ0v) is 12.2. The fraction of sp³-hybridized carbons (Fsp3) is 0.625. The molecule has 1 heterocycles. The van der Waals surface area contributed by atoms with Crippen LogP contribution in [-0.4, -0.2) is 23.5 Å². The van der Waals surface area contributed by atoms with Crippen molar-refractivity contribution in [2.45, 2.75) is 46.3 Å². The molecule has 0 saturated carbocycles. The summed E-state index contributed by atoms with van der Waals surface area (Å²) in [5, 5.41) is 3.59. The van der Waals surface area contributed by atoms with Crippen molar-refractivity contribution in [3.05, 3.63) is 35.4 Å². The molecule has 0 aliphatic carbocycles. The first-order chi connectivity index (χ1) is 8.44. The lowest BCUT2D eigenvalue weighted by atomic mass is 10.1. The number of benzene rings is 1. The van der Waals surface area contributed by atoms with Crippen LogP contribution in [0.25, 0.3) is 0 Å². The van der Waals surface area contributed by atoms with Crippen molar-refractivity contribution in [1.82, 2.24) is 10.2 Å². The fourth-order valence-electron chi connectivity index (χ4n) is 2.52. The molecular weight excluding hydrogens is 220 g/mol. The lowest BCUT2D eigenvalue weighted by Gasteiger charge is -2.26. The summed E-state index contributed by atoms with van der Waals surface area (Å²) in [6.45, 7) is 13.5. The van der Waals surface area contributed by atoms with E-state index in [1.165, 1.54) is 17.7 Å². The van der Waals surface area contributed by atoms with Crippen molar-refractivity contribution in [2.24, 2.45) is 5.92 Å². The van der Waals surface area contributed by atoms with Gasteiger partial charge in [-0.05, 0) is 44.4 Å². The van der Waals surface area contributed by atoms with Gasteiger partial charge in [0, 0.05) is 25.2 Å². The van der Waals surface area contributed by atoms with Gasteiger partial charge in [-0.1, -0.05) is 31.2 Å². The highest BCUT2D eigenvalue weighted by Crippen LogP contribution is 2.22. The third-order valence-corrected chi connectivity index (χ3v) is 3.46. The Morgan fingerprint density at radius 2 is 1.72 bits per heavy atom. The van der Waals surface area contributed by atoms with E-state index in [0.29, 0.717) is 5.92 Å². The van der Waals surface area contributed by atoms with Crippen LogP contribution in [0.2, 0.25) is 0 Å². The first-order valence-electron chi connectivity index (χ1n) is 6.98. The first-order valence-corrected chi connectivity index (χ1v) is 6.98. The summed E-state index contributed by atoms with van der Waals surface area (Å²) in [6.07, 6.45) is 0. The Morgan fingerprint density at radius 1 is 1.17 bits per heavy atom. The third-order valence-electron chi connectivity index (χ3n) is 3.46. The molecule has 0 spiro atoms. The standard InChI is InChI=1S/C16H26N2/c1-13(9-17-16(2,3)4)10-18-11-14-7-5-6-8-15(14)12-18/h5-8,13,17H,9-12H2,1-4H3. The summed E-state index contributed by atoms with van der Waals surface area (Å²) in [7, 11) is 0. The first kappa shape index (κ1) is 13.6. The quantitative estimate of drug-likeness (QED) is 0.878. The molecule has 2 nitrogen and oxygen atoms in total. The summed E-state index contributed by atoms with van der Waals surface area (Å²) in [6, 6.07) is 8.81. The molecule has 1 N–H and O–H groups in total. The highest BCUT2D eigenvalue weighted by molar-refractivity contribution is 5.30. The van der Waals surface area contributed by atoms with E-state index >= 15 is 0 Å². The molecule has 0 aromatic heterocycles. The summed E-state index contributed by atoms with van der Waals surface area (Å²) in [4.78, 5) is 2.56. The van der Waals surface area contributed by atoms with Gasteiger partial charge in [0.1, 0.15) is 0 Å². The molecular formula is C16H26N2. The summed E-state index contributed by atoms with van der Waals surface area (Å²) in [5.41, 5.74) is 3.24. The summed E-state index contributed by atoms with van der Waals surface area (Å²) in [5.74, 6) is 0.693. The van der Waals surface area contributed by atoms with Crippen LogP contribution in [0, 0.1) is 5.92 Å². The van der Waals surface area contributed by atoms with Crippen LogP contribution in [0.1, 0.15) is 38.8 Å². The lowest BCUT2D eigenvalue weighted by Crippen LogP contribution is -2.40. The lowest BCUT2D eigenvalue weighted by molar-refractivity contribution is 0.232. The van der Waals surface area contributed by atoms with Crippen LogP contribution in [0.3, 0.4) is 0 Å². The topological polar surface area (TPSA) is 15.3 Å². The Labute approximate surface area is 111 Å².